The molecule has 154 valence electrons. The third-order valence-electron chi connectivity index (χ3n) is 4.39. The van der Waals surface area contributed by atoms with Crippen LogP contribution in [0, 0.1) is 10.1 Å². The number of amides is 1. The molecule has 3 aromatic rings. The SMILES string of the molecule is O=C(COc1nc[nH]c(=O)c1[N+](=O)[O-])N(CCc1ccccc1)Cc1ccccc1. The van der Waals surface area contributed by atoms with Gasteiger partial charge in [0.1, 0.15) is 0 Å². The number of benzene rings is 2. The number of hydrogen-bond donors (Lipinski definition) is 1. The molecule has 0 aliphatic heterocycles. The number of carbonyl (C=O) groups excluding carboxylic acids is 1. The summed E-state index contributed by atoms with van der Waals surface area (Å²) in [6.45, 7) is 0.325. The number of aromatic nitrogens is 2. The lowest BCUT2D eigenvalue weighted by Crippen LogP contribution is -2.36. The summed E-state index contributed by atoms with van der Waals surface area (Å²) in [5.41, 5.74) is 0.252. The lowest BCUT2D eigenvalue weighted by atomic mass is 10.1. The van der Waals surface area contributed by atoms with Gasteiger partial charge in [0.15, 0.2) is 6.61 Å². The zero-order valence-electron chi connectivity index (χ0n) is 16.1. The van der Waals surface area contributed by atoms with Crippen LogP contribution < -0.4 is 10.3 Å². The molecule has 1 heterocycles. The maximum atomic E-state index is 12.8. The van der Waals surface area contributed by atoms with Gasteiger partial charge in [0.25, 0.3) is 5.91 Å². The van der Waals surface area contributed by atoms with Crippen molar-refractivity contribution >= 4 is 11.6 Å². The van der Waals surface area contributed by atoms with E-state index in [0.29, 0.717) is 19.5 Å². The van der Waals surface area contributed by atoms with Gasteiger partial charge < -0.3 is 14.6 Å². The Bertz CT molecular complexity index is 1050. The van der Waals surface area contributed by atoms with Crippen LogP contribution in [0.15, 0.2) is 71.8 Å². The average molecular weight is 408 g/mol. The molecule has 0 saturated heterocycles. The van der Waals surface area contributed by atoms with Crippen LogP contribution in [0.25, 0.3) is 0 Å². The Labute approximate surface area is 172 Å². The van der Waals surface area contributed by atoms with E-state index in [9.17, 15) is 19.7 Å². The van der Waals surface area contributed by atoms with Gasteiger partial charge in [0.2, 0.25) is 0 Å². The number of nitrogens with one attached hydrogen (secondary N) is 1. The van der Waals surface area contributed by atoms with E-state index in [-0.39, 0.29) is 5.91 Å². The van der Waals surface area contributed by atoms with Crippen LogP contribution in [0.1, 0.15) is 11.1 Å². The van der Waals surface area contributed by atoms with Gasteiger partial charge in [0.05, 0.1) is 11.3 Å². The van der Waals surface area contributed by atoms with Crippen molar-refractivity contribution in [2.24, 2.45) is 0 Å². The first-order chi connectivity index (χ1) is 14.5. The Kier molecular flexibility index (Phi) is 6.88. The van der Waals surface area contributed by atoms with Gasteiger partial charge in [-0.15, -0.1) is 0 Å². The fraction of sp³-hybridized carbons (Fsp3) is 0.190. The fourth-order valence-electron chi connectivity index (χ4n) is 2.87. The predicted molar refractivity (Wildman–Crippen MR) is 109 cm³/mol. The lowest BCUT2D eigenvalue weighted by molar-refractivity contribution is -0.387. The molecule has 0 radical (unpaired) electrons. The zero-order valence-corrected chi connectivity index (χ0v) is 16.1. The average Bonchev–Trinajstić information content (AvgIpc) is 2.76. The minimum Gasteiger partial charge on any atom is -0.463 e. The van der Waals surface area contributed by atoms with Gasteiger partial charge in [-0.2, -0.15) is 4.98 Å². The smallest absolute Gasteiger partial charge is 0.395 e. The highest BCUT2D eigenvalue weighted by Crippen LogP contribution is 2.18. The van der Waals surface area contributed by atoms with Gasteiger partial charge >= 0.3 is 17.1 Å². The van der Waals surface area contributed by atoms with Crippen molar-refractivity contribution in [2.75, 3.05) is 13.2 Å². The summed E-state index contributed by atoms with van der Waals surface area (Å²) in [7, 11) is 0. The number of nitro groups is 1. The number of carbonyl (C=O) groups is 1. The van der Waals surface area contributed by atoms with Crippen LogP contribution in [-0.2, 0) is 17.8 Å². The van der Waals surface area contributed by atoms with Gasteiger partial charge in [-0.25, -0.2) is 0 Å². The van der Waals surface area contributed by atoms with Crippen LogP contribution in [0.5, 0.6) is 5.88 Å². The Balaban J connectivity index is 1.72. The van der Waals surface area contributed by atoms with Gasteiger partial charge in [-0.05, 0) is 17.5 Å². The number of ether oxygens (including phenoxy) is 1. The minimum absolute atomic E-state index is 0.362. The van der Waals surface area contributed by atoms with E-state index in [1.165, 1.54) is 0 Å². The molecular formula is C21H20N4O5. The molecule has 30 heavy (non-hydrogen) atoms. The first kappa shape index (κ1) is 20.7. The molecule has 0 aliphatic carbocycles. The van der Waals surface area contributed by atoms with Crippen LogP contribution in [-0.4, -0.2) is 38.8 Å². The standard InChI is InChI=1S/C21H20N4O5/c26-18(14-30-21-19(25(28)29)20(27)22-15-23-21)24(13-17-9-5-2-6-10-17)12-11-16-7-3-1-4-8-16/h1-10,15H,11-14H2,(H,22,23,27). The van der Waals surface area contributed by atoms with Gasteiger partial charge in [-0.3, -0.25) is 19.7 Å². The summed E-state index contributed by atoms with van der Waals surface area (Å²) in [4.78, 5) is 42.1. The Morgan fingerprint density at radius 1 is 1.07 bits per heavy atom. The van der Waals surface area contributed by atoms with Crippen molar-refractivity contribution in [3.05, 3.63) is 98.6 Å². The minimum atomic E-state index is -0.942. The van der Waals surface area contributed by atoms with Crippen molar-refractivity contribution in [1.29, 1.82) is 0 Å². The number of H-pyrrole nitrogens is 1. The van der Waals surface area contributed by atoms with Crippen molar-refractivity contribution in [1.82, 2.24) is 14.9 Å². The number of rotatable bonds is 9. The largest absolute Gasteiger partial charge is 0.463 e. The van der Waals surface area contributed by atoms with Crippen LogP contribution >= 0.6 is 0 Å². The van der Waals surface area contributed by atoms with Crippen LogP contribution in [0.3, 0.4) is 0 Å². The summed E-state index contributed by atoms with van der Waals surface area (Å²) in [6.07, 6.45) is 1.63. The van der Waals surface area contributed by atoms with E-state index in [0.717, 1.165) is 17.5 Å². The molecule has 0 saturated carbocycles. The Hall–Kier alpha value is -4.01. The van der Waals surface area contributed by atoms with Gasteiger partial charge in [0, 0.05) is 13.1 Å². The molecular weight excluding hydrogens is 388 g/mol. The molecule has 3 rings (SSSR count). The zero-order chi connectivity index (χ0) is 21.3. The van der Waals surface area contributed by atoms with Crippen molar-refractivity contribution < 1.29 is 14.5 Å². The van der Waals surface area contributed by atoms with E-state index in [1.54, 1.807) is 4.90 Å². The quantitative estimate of drug-likeness (QED) is 0.429. The van der Waals surface area contributed by atoms with E-state index >= 15 is 0 Å². The predicted octanol–water partition coefficient (Wildman–Crippen LogP) is 2.33. The number of hydrogen-bond acceptors (Lipinski definition) is 6. The molecule has 2 aromatic carbocycles. The molecule has 0 unspecified atom stereocenters. The molecule has 9 nitrogen and oxygen atoms in total. The summed E-state index contributed by atoms with van der Waals surface area (Å²) in [5, 5.41) is 11.1. The monoisotopic (exact) mass is 408 g/mol. The van der Waals surface area contributed by atoms with Gasteiger partial charge in [-0.1, -0.05) is 60.7 Å². The lowest BCUT2D eigenvalue weighted by Gasteiger charge is -2.23. The fourth-order valence-corrected chi connectivity index (χ4v) is 2.87. The summed E-state index contributed by atoms with van der Waals surface area (Å²) in [5.74, 6) is -0.856. The highest BCUT2D eigenvalue weighted by molar-refractivity contribution is 5.77. The molecule has 0 aliphatic rings. The summed E-state index contributed by atoms with van der Waals surface area (Å²) < 4.78 is 5.25. The third-order valence-corrected chi connectivity index (χ3v) is 4.39. The molecule has 1 amide bonds. The first-order valence-corrected chi connectivity index (χ1v) is 9.25. The van der Waals surface area contributed by atoms with Crippen molar-refractivity contribution in [2.45, 2.75) is 13.0 Å². The molecule has 9 heteroatoms. The maximum Gasteiger partial charge on any atom is 0.395 e. The second kappa shape index (κ2) is 9.97. The highest BCUT2D eigenvalue weighted by Gasteiger charge is 2.24. The Morgan fingerprint density at radius 2 is 1.70 bits per heavy atom. The normalized spacial score (nSPS) is 10.4. The second-order valence-corrected chi connectivity index (χ2v) is 6.47. The van der Waals surface area contributed by atoms with Crippen LogP contribution in [0.2, 0.25) is 0 Å². The molecule has 0 bridgehead atoms. The van der Waals surface area contributed by atoms with E-state index in [2.05, 4.69) is 9.97 Å². The molecule has 0 atom stereocenters. The number of aromatic amines is 1. The molecule has 0 spiro atoms. The van der Waals surface area contributed by atoms with E-state index in [1.807, 2.05) is 60.7 Å². The first-order valence-electron chi connectivity index (χ1n) is 9.25. The van der Waals surface area contributed by atoms with Crippen molar-refractivity contribution in [3.63, 3.8) is 0 Å². The van der Waals surface area contributed by atoms with Crippen LogP contribution in [0.4, 0.5) is 5.69 Å². The Morgan fingerprint density at radius 3 is 2.33 bits per heavy atom. The topological polar surface area (TPSA) is 118 Å². The highest BCUT2D eigenvalue weighted by atomic mass is 16.6. The molecule has 1 N–H and O–H groups in total. The maximum absolute atomic E-state index is 12.8. The number of nitrogens with zero attached hydrogens (tertiary/aromatic N) is 3. The summed E-state index contributed by atoms with van der Waals surface area (Å²) >= 11 is 0. The molecule has 0 fully saturated rings. The second-order valence-electron chi connectivity index (χ2n) is 6.47. The third kappa shape index (κ3) is 5.51. The van der Waals surface area contributed by atoms with E-state index in [4.69, 9.17) is 4.74 Å². The van der Waals surface area contributed by atoms with E-state index < -0.39 is 28.7 Å². The van der Waals surface area contributed by atoms with Crippen molar-refractivity contribution in [3.8, 4) is 5.88 Å². The summed E-state index contributed by atoms with van der Waals surface area (Å²) in [6, 6.07) is 19.2. The molecule has 1 aromatic heterocycles.